The zero-order chi connectivity index (χ0) is 12.8. The van der Waals surface area contributed by atoms with Crippen molar-refractivity contribution in [3.63, 3.8) is 0 Å². The molecule has 1 aliphatic carbocycles. The Kier molecular flexibility index (Phi) is 7.22. The number of Topliss-reactive ketones (excluding diaryl/α,β-unsaturated/α-hetero) is 1. The van der Waals surface area contributed by atoms with Crippen LogP contribution in [0.15, 0.2) is 19.6 Å². The van der Waals surface area contributed by atoms with Crippen LogP contribution in [0.25, 0.3) is 0 Å². The smallest absolute Gasteiger partial charge is 0.188 e. The van der Waals surface area contributed by atoms with Gasteiger partial charge in [-0.25, -0.2) is 0 Å². The fourth-order valence-electron chi connectivity index (χ4n) is 1.90. The van der Waals surface area contributed by atoms with E-state index in [1.54, 1.807) is 47.0 Å². The Hall–Kier alpha value is 0.550. The van der Waals surface area contributed by atoms with Crippen LogP contribution in [0.2, 0.25) is 0 Å². The van der Waals surface area contributed by atoms with Crippen molar-refractivity contribution < 1.29 is 4.79 Å². The number of carbonyl (C=O) groups excluding carboxylic acids is 1. The van der Waals surface area contributed by atoms with Crippen molar-refractivity contribution >= 4 is 52.8 Å². The molecule has 0 bridgehead atoms. The number of carbonyl (C=O) groups is 1. The Morgan fingerprint density at radius 3 is 1.47 bits per heavy atom. The van der Waals surface area contributed by atoms with E-state index in [4.69, 9.17) is 0 Å². The van der Waals surface area contributed by atoms with Crippen molar-refractivity contribution in [2.24, 2.45) is 0 Å². The van der Waals surface area contributed by atoms with Crippen LogP contribution in [-0.4, -0.2) is 30.8 Å². The molecule has 0 atom stereocenters. The van der Waals surface area contributed by atoms with E-state index < -0.39 is 0 Å². The highest BCUT2D eigenvalue weighted by Crippen LogP contribution is 2.39. The first-order chi connectivity index (χ1) is 8.19. The lowest BCUT2D eigenvalue weighted by Crippen LogP contribution is -2.14. The van der Waals surface area contributed by atoms with Crippen LogP contribution in [0.5, 0.6) is 0 Å². The Bertz CT molecular complexity index is 314. The normalized spacial score (nSPS) is 16.4. The SMILES string of the molecule is CSC(SC)=C1CCCC(=C(SC)SC)C1=O. The molecule has 0 amide bonds. The Morgan fingerprint density at radius 2 is 1.18 bits per heavy atom. The molecule has 0 aromatic heterocycles. The zero-order valence-corrected chi connectivity index (χ0v) is 13.9. The zero-order valence-electron chi connectivity index (χ0n) is 10.7. The maximum atomic E-state index is 12.5. The molecule has 96 valence electrons. The molecule has 1 nitrogen and oxygen atoms in total. The summed E-state index contributed by atoms with van der Waals surface area (Å²) in [5, 5.41) is 0. The summed E-state index contributed by atoms with van der Waals surface area (Å²) in [6.45, 7) is 0. The number of hydrogen-bond donors (Lipinski definition) is 0. The highest BCUT2D eigenvalue weighted by molar-refractivity contribution is 8.22. The fraction of sp³-hybridized carbons (Fsp3) is 0.583. The van der Waals surface area contributed by atoms with Gasteiger partial charge in [-0.2, -0.15) is 0 Å². The number of hydrogen-bond acceptors (Lipinski definition) is 5. The molecule has 1 aliphatic rings. The van der Waals surface area contributed by atoms with Gasteiger partial charge >= 0.3 is 0 Å². The summed E-state index contributed by atoms with van der Waals surface area (Å²) >= 11 is 6.78. The predicted octanol–water partition coefficient (Wildman–Crippen LogP) is 4.61. The average molecular weight is 307 g/mol. The maximum absolute atomic E-state index is 12.5. The van der Waals surface area contributed by atoms with E-state index in [1.807, 2.05) is 25.0 Å². The van der Waals surface area contributed by atoms with Gasteiger partial charge in [-0.3, -0.25) is 4.79 Å². The third kappa shape index (κ3) is 3.75. The second-order valence-corrected chi connectivity index (χ2v) is 7.31. The molecule has 0 aromatic rings. The lowest BCUT2D eigenvalue weighted by Gasteiger charge is -2.20. The molecule has 0 saturated heterocycles. The summed E-state index contributed by atoms with van der Waals surface area (Å²) < 4.78 is 2.38. The van der Waals surface area contributed by atoms with Gasteiger partial charge in [0.1, 0.15) is 0 Å². The molecular weight excluding hydrogens is 288 g/mol. The lowest BCUT2D eigenvalue weighted by molar-refractivity contribution is -0.113. The largest absolute Gasteiger partial charge is 0.289 e. The van der Waals surface area contributed by atoms with Gasteiger partial charge in [-0.1, -0.05) is 0 Å². The lowest BCUT2D eigenvalue weighted by atomic mass is 9.91. The summed E-state index contributed by atoms with van der Waals surface area (Å²) in [4.78, 5) is 12.5. The third-order valence-electron chi connectivity index (χ3n) is 2.64. The quantitative estimate of drug-likeness (QED) is 0.703. The second-order valence-electron chi connectivity index (χ2n) is 3.53. The molecule has 0 aromatic carbocycles. The maximum Gasteiger partial charge on any atom is 0.188 e. The molecule has 1 fully saturated rings. The van der Waals surface area contributed by atoms with Gasteiger partial charge < -0.3 is 0 Å². The highest BCUT2D eigenvalue weighted by Gasteiger charge is 2.25. The summed E-state index contributed by atoms with van der Waals surface area (Å²) in [7, 11) is 0. The molecule has 5 heteroatoms. The minimum atomic E-state index is 0.286. The van der Waals surface area contributed by atoms with E-state index in [0.29, 0.717) is 0 Å². The van der Waals surface area contributed by atoms with Crippen molar-refractivity contribution in [1.82, 2.24) is 0 Å². The average Bonchev–Trinajstić information content (AvgIpc) is 2.36. The molecule has 0 spiro atoms. The van der Waals surface area contributed by atoms with E-state index in [0.717, 1.165) is 30.4 Å². The Balaban J connectivity index is 3.13. The van der Waals surface area contributed by atoms with E-state index in [-0.39, 0.29) is 5.78 Å². The van der Waals surface area contributed by atoms with E-state index in [1.165, 1.54) is 8.47 Å². The van der Waals surface area contributed by atoms with Crippen LogP contribution in [0.4, 0.5) is 0 Å². The first-order valence-electron chi connectivity index (χ1n) is 5.36. The topological polar surface area (TPSA) is 17.1 Å². The van der Waals surface area contributed by atoms with Gasteiger partial charge in [0.25, 0.3) is 0 Å². The number of rotatable bonds is 4. The summed E-state index contributed by atoms with van der Waals surface area (Å²) in [5.74, 6) is 0.286. The van der Waals surface area contributed by atoms with Crippen LogP contribution in [0, 0.1) is 0 Å². The van der Waals surface area contributed by atoms with Crippen molar-refractivity contribution in [3.8, 4) is 0 Å². The summed E-state index contributed by atoms with van der Waals surface area (Å²) in [5.41, 5.74) is 2.07. The number of ketones is 1. The summed E-state index contributed by atoms with van der Waals surface area (Å²) in [6.07, 6.45) is 11.2. The first-order valence-corrected chi connectivity index (χ1v) is 10.3. The van der Waals surface area contributed by atoms with E-state index >= 15 is 0 Å². The van der Waals surface area contributed by atoms with Crippen molar-refractivity contribution in [2.45, 2.75) is 19.3 Å². The van der Waals surface area contributed by atoms with E-state index in [2.05, 4.69) is 0 Å². The number of thioether (sulfide) groups is 4. The number of allylic oxidation sites excluding steroid dienone is 2. The summed E-state index contributed by atoms with van der Waals surface area (Å²) in [6, 6.07) is 0. The molecule has 0 N–H and O–H groups in total. The second kappa shape index (κ2) is 7.87. The minimum Gasteiger partial charge on any atom is -0.289 e. The highest BCUT2D eigenvalue weighted by atomic mass is 32.2. The van der Waals surface area contributed by atoms with Crippen LogP contribution in [-0.2, 0) is 4.79 Å². The van der Waals surface area contributed by atoms with Gasteiger partial charge in [-0.15, -0.1) is 47.0 Å². The van der Waals surface area contributed by atoms with Gasteiger partial charge in [0, 0.05) is 19.6 Å². The Labute approximate surface area is 121 Å². The fourth-order valence-corrected chi connectivity index (χ4v) is 5.00. The monoisotopic (exact) mass is 306 g/mol. The molecule has 1 rings (SSSR count). The van der Waals surface area contributed by atoms with Gasteiger partial charge in [-0.05, 0) is 44.3 Å². The van der Waals surface area contributed by atoms with Crippen LogP contribution >= 0.6 is 47.0 Å². The minimum absolute atomic E-state index is 0.286. The van der Waals surface area contributed by atoms with Crippen molar-refractivity contribution in [1.29, 1.82) is 0 Å². The molecule has 0 unspecified atom stereocenters. The third-order valence-corrected chi connectivity index (χ3v) is 7.10. The molecule has 0 heterocycles. The van der Waals surface area contributed by atoms with Crippen LogP contribution in [0.1, 0.15) is 19.3 Å². The first kappa shape index (κ1) is 15.6. The van der Waals surface area contributed by atoms with Crippen LogP contribution in [0.3, 0.4) is 0 Å². The van der Waals surface area contributed by atoms with Crippen molar-refractivity contribution in [3.05, 3.63) is 19.6 Å². The van der Waals surface area contributed by atoms with Gasteiger partial charge in [0.15, 0.2) is 5.78 Å². The van der Waals surface area contributed by atoms with Crippen molar-refractivity contribution in [2.75, 3.05) is 25.0 Å². The Morgan fingerprint density at radius 1 is 0.824 bits per heavy atom. The molecule has 17 heavy (non-hydrogen) atoms. The van der Waals surface area contributed by atoms with Gasteiger partial charge in [0.2, 0.25) is 0 Å². The molecule has 0 radical (unpaired) electrons. The van der Waals surface area contributed by atoms with Crippen LogP contribution < -0.4 is 0 Å². The molecule has 0 aliphatic heterocycles. The molecular formula is C12H18OS4. The predicted molar refractivity (Wildman–Crippen MR) is 87.0 cm³/mol. The van der Waals surface area contributed by atoms with Gasteiger partial charge in [0.05, 0.1) is 0 Å². The molecule has 1 saturated carbocycles. The standard InChI is InChI=1S/C12H18OS4/c1-14-11(15-2)8-6-5-7-9(10(8)13)12(16-3)17-4/h5-7H2,1-4H3. The van der Waals surface area contributed by atoms with E-state index in [9.17, 15) is 4.79 Å².